The summed E-state index contributed by atoms with van der Waals surface area (Å²) in [5.74, 6) is -0.228. The fourth-order valence-corrected chi connectivity index (χ4v) is 6.10. The van der Waals surface area contributed by atoms with Gasteiger partial charge in [0.2, 0.25) is 0 Å². The molecule has 0 heterocycles. The summed E-state index contributed by atoms with van der Waals surface area (Å²) in [7, 11) is 0. The predicted octanol–water partition coefficient (Wildman–Crippen LogP) is 16.8. The van der Waals surface area contributed by atoms with Gasteiger partial charge in [0.15, 0.2) is 0 Å². The van der Waals surface area contributed by atoms with Crippen LogP contribution in [0, 0.1) is 0 Å². The van der Waals surface area contributed by atoms with Gasteiger partial charge >= 0.3 is 5.97 Å². The number of carbonyl (C=O) groups is 1. The molecule has 0 aliphatic rings. The molecule has 0 spiro atoms. The van der Waals surface area contributed by atoms with Gasteiger partial charge < -0.3 is 14.6 Å². The van der Waals surface area contributed by atoms with Gasteiger partial charge in [0, 0.05) is 13.0 Å². The Hall–Kier alpha value is -3.73. The highest BCUT2D eigenvalue weighted by molar-refractivity contribution is 5.69. The number of hydrogen-bond acceptors (Lipinski definition) is 4. The van der Waals surface area contributed by atoms with Crippen LogP contribution in [-0.2, 0) is 14.3 Å². The molecule has 1 N–H and O–H groups in total. The van der Waals surface area contributed by atoms with Crippen LogP contribution in [0.15, 0.2) is 146 Å². The zero-order chi connectivity index (χ0) is 44.0. The number of carbonyl (C=O) groups excluding carboxylic acids is 1. The molecule has 1 atom stereocenters. The second-order valence-electron chi connectivity index (χ2n) is 15.4. The zero-order valence-corrected chi connectivity index (χ0v) is 39.1. The Morgan fingerprint density at radius 2 is 0.689 bits per heavy atom. The van der Waals surface area contributed by atoms with Gasteiger partial charge in [-0.2, -0.15) is 0 Å². The van der Waals surface area contributed by atoms with Gasteiger partial charge in [0.1, 0.15) is 6.10 Å². The standard InChI is InChI=1S/C57H90O4/c1-3-5-7-9-11-13-15-17-19-21-23-25-27-28-29-31-33-35-37-39-41-43-45-47-49-51-53-60-55-56(54-58)61-57(59)52-50-48-46-44-42-40-38-36-34-32-30-26-24-22-20-18-16-14-12-10-8-6-4-2/h5-8,11-14,17-20,23-26,28-29,32-35,39,41,56,58H,3-4,9-10,15-16,21-22,27,30-31,36-38,40,42-55H2,1-2H3/b7-5-,8-6-,13-11-,14-12-,19-17-,20-18-,25-23-,26-24-,29-28-,34-32-,35-33-,41-39-. The number of aliphatic hydroxyl groups is 1. The molecule has 61 heavy (non-hydrogen) atoms. The Morgan fingerprint density at radius 1 is 0.393 bits per heavy atom. The molecule has 0 fully saturated rings. The number of unbranched alkanes of at least 4 members (excludes halogenated alkanes) is 11. The van der Waals surface area contributed by atoms with Crippen LogP contribution in [0.3, 0.4) is 0 Å². The molecule has 4 heteroatoms. The Kier molecular flexibility index (Phi) is 49.2. The van der Waals surface area contributed by atoms with Gasteiger partial charge in [-0.15, -0.1) is 0 Å². The molecular formula is C57H90O4. The minimum atomic E-state index is -0.568. The molecule has 0 bridgehead atoms. The Bertz CT molecular complexity index is 1300. The van der Waals surface area contributed by atoms with Gasteiger partial charge in [-0.25, -0.2) is 0 Å². The minimum absolute atomic E-state index is 0.198. The normalized spacial score (nSPS) is 13.7. The van der Waals surface area contributed by atoms with E-state index in [-0.39, 0.29) is 19.2 Å². The first kappa shape index (κ1) is 57.3. The zero-order valence-electron chi connectivity index (χ0n) is 39.1. The predicted molar refractivity (Wildman–Crippen MR) is 269 cm³/mol. The molecule has 0 rings (SSSR count). The van der Waals surface area contributed by atoms with Crippen LogP contribution in [0.4, 0.5) is 0 Å². The molecule has 0 aromatic rings. The third-order valence-corrected chi connectivity index (χ3v) is 9.66. The maximum absolute atomic E-state index is 12.3. The van der Waals surface area contributed by atoms with E-state index in [4.69, 9.17) is 9.47 Å². The van der Waals surface area contributed by atoms with E-state index in [1.165, 1.54) is 38.5 Å². The van der Waals surface area contributed by atoms with E-state index in [0.717, 1.165) is 122 Å². The van der Waals surface area contributed by atoms with Crippen molar-refractivity contribution in [3.8, 4) is 0 Å². The first-order valence-electron chi connectivity index (χ1n) is 24.4. The third kappa shape index (κ3) is 50.5. The lowest BCUT2D eigenvalue weighted by atomic mass is 10.1. The number of allylic oxidation sites excluding steroid dienone is 24. The van der Waals surface area contributed by atoms with Gasteiger partial charge in [-0.1, -0.05) is 205 Å². The second kappa shape index (κ2) is 52.4. The van der Waals surface area contributed by atoms with Crippen LogP contribution >= 0.6 is 0 Å². The third-order valence-electron chi connectivity index (χ3n) is 9.66. The van der Waals surface area contributed by atoms with Gasteiger partial charge in [-0.05, 0) is 116 Å². The van der Waals surface area contributed by atoms with Crippen molar-refractivity contribution in [3.05, 3.63) is 146 Å². The highest BCUT2D eigenvalue weighted by Gasteiger charge is 2.13. The van der Waals surface area contributed by atoms with Crippen molar-refractivity contribution in [3.63, 3.8) is 0 Å². The molecule has 0 aromatic heterocycles. The van der Waals surface area contributed by atoms with Crippen molar-refractivity contribution in [1.29, 1.82) is 0 Å². The maximum atomic E-state index is 12.3. The summed E-state index contributed by atoms with van der Waals surface area (Å²) in [6.07, 6.45) is 80.6. The van der Waals surface area contributed by atoms with Crippen LogP contribution in [0.5, 0.6) is 0 Å². The van der Waals surface area contributed by atoms with Crippen LogP contribution < -0.4 is 0 Å². The largest absolute Gasteiger partial charge is 0.457 e. The first-order chi connectivity index (χ1) is 30.2. The lowest BCUT2D eigenvalue weighted by Crippen LogP contribution is -2.27. The molecule has 1 unspecified atom stereocenters. The van der Waals surface area contributed by atoms with Gasteiger partial charge in [0.05, 0.1) is 13.2 Å². The SMILES string of the molecule is CC/C=C\C/C=C\C/C=C\C/C=C\C/C=C\C/C=C\C/C=C\CCCCCCOCC(CO)OC(=O)CCCCCCCCC/C=C\C/C=C\C/C=C\C/C=C\C/C=C\CC. The summed E-state index contributed by atoms with van der Waals surface area (Å²) >= 11 is 0. The van der Waals surface area contributed by atoms with Crippen LogP contribution in [-0.4, -0.2) is 37.0 Å². The lowest BCUT2D eigenvalue weighted by Gasteiger charge is -2.15. The average Bonchev–Trinajstić information content (AvgIpc) is 3.27. The Morgan fingerprint density at radius 3 is 1.03 bits per heavy atom. The number of ether oxygens (including phenoxy) is 2. The molecule has 342 valence electrons. The van der Waals surface area contributed by atoms with Crippen molar-refractivity contribution in [2.45, 2.75) is 187 Å². The summed E-state index contributed by atoms with van der Waals surface area (Å²) < 4.78 is 11.2. The van der Waals surface area contributed by atoms with E-state index in [1.54, 1.807) is 0 Å². The monoisotopic (exact) mass is 839 g/mol. The average molecular weight is 839 g/mol. The summed E-state index contributed by atoms with van der Waals surface area (Å²) in [6.45, 7) is 5.02. The van der Waals surface area contributed by atoms with Crippen molar-refractivity contribution >= 4 is 5.97 Å². The smallest absolute Gasteiger partial charge is 0.306 e. The van der Waals surface area contributed by atoms with E-state index in [0.29, 0.717) is 13.0 Å². The van der Waals surface area contributed by atoms with Gasteiger partial charge in [0.25, 0.3) is 0 Å². The van der Waals surface area contributed by atoms with Crippen LogP contribution in [0.25, 0.3) is 0 Å². The second-order valence-corrected chi connectivity index (χ2v) is 15.4. The number of hydrogen-bond donors (Lipinski definition) is 1. The van der Waals surface area contributed by atoms with Crippen molar-refractivity contribution < 1.29 is 19.4 Å². The molecule has 0 aliphatic carbocycles. The van der Waals surface area contributed by atoms with Gasteiger partial charge in [-0.3, -0.25) is 4.79 Å². The Labute approximate surface area is 376 Å². The Balaban J connectivity index is 3.59. The number of esters is 1. The maximum Gasteiger partial charge on any atom is 0.306 e. The highest BCUT2D eigenvalue weighted by Crippen LogP contribution is 2.12. The molecule has 0 saturated heterocycles. The van der Waals surface area contributed by atoms with E-state index in [2.05, 4.69) is 160 Å². The summed E-state index contributed by atoms with van der Waals surface area (Å²) in [5, 5.41) is 9.64. The summed E-state index contributed by atoms with van der Waals surface area (Å²) in [4.78, 5) is 12.3. The van der Waals surface area contributed by atoms with Crippen molar-refractivity contribution in [2.24, 2.45) is 0 Å². The fourth-order valence-electron chi connectivity index (χ4n) is 6.10. The van der Waals surface area contributed by atoms with Crippen LogP contribution in [0.1, 0.15) is 181 Å². The highest BCUT2D eigenvalue weighted by atomic mass is 16.6. The quantitative estimate of drug-likeness (QED) is 0.0378. The number of rotatable bonds is 43. The molecule has 0 amide bonds. The van der Waals surface area contributed by atoms with Crippen molar-refractivity contribution in [2.75, 3.05) is 19.8 Å². The molecule has 0 aliphatic heterocycles. The molecule has 0 aromatic carbocycles. The number of aliphatic hydroxyl groups excluding tert-OH is 1. The molecule has 4 nitrogen and oxygen atoms in total. The summed E-state index contributed by atoms with van der Waals surface area (Å²) in [6, 6.07) is 0. The fraction of sp³-hybridized carbons (Fsp3) is 0.561. The van der Waals surface area contributed by atoms with E-state index in [9.17, 15) is 9.90 Å². The van der Waals surface area contributed by atoms with Crippen molar-refractivity contribution in [1.82, 2.24) is 0 Å². The molecule has 0 radical (unpaired) electrons. The summed E-state index contributed by atoms with van der Waals surface area (Å²) in [5.41, 5.74) is 0. The lowest BCUT2D eigenvalue weighted by molar-refractivity contribution is -0.154. The first-order valence-corrected chi connectivity index (χ1v) is 24.4. The molecular weight excluding hydrogens is 749 g/mol. The van der Waals surface area contributed by atoms with Crippen LogP contribution in [0.2, 0.25) is 0 Å². The van der Waals surface area contributed by atoms with E-state index >= 15 is 0 Å². The topological polar surface area (TPSA) is 55.8 Å². The minimum Gasteiger partial charge on any atom is -0.457 e. The van der Waals surface area contributed by atoms with E-state index < -0.39 is 6.10 Å². The molecule has 0 saturated carbocycles. The van der Waals surface area contributed by atoms with E-state index in [1.807, 2.05) is 0 Å².